The quantitative estimate of drug-likeness (QED) is 0.186. The van der Waals surface area contributed by atoms with Gasteiger partial charge in [0, 0.05) is 17.8 Å². The minimum Gasteiger partial charge on any atom is -0.497 e. The highest BCUT2D eigenvalue weighted by atomic mass is 32.2. The molecule has 0 unspecified atom stereocenters. The summed E-state index contributed by atoms with van der Waals surface area (Å²) in [5, 5.41) is 6.49. The van der Waals surface area contributed by atoms with Crippen molar-refractivity contribution >= 4 is 29.2 Å². The number of carbonyl (C=O) groups is 1. The van der Waals surface area contributed by atoms with Crippen molar-refractivity contribution in [3.63, 3.8) is 0 Å². The Morgan fingerprint density at radius 2 is 1.92 bits per heavy atom. The highest BCUT2D eigenvalue weighted by molar-refractivity contribution is 8.03. The molecule has 0 spiro atoms. The number of para-hydroxylation sites is 1. The van der Waals surface area contributed by atoms with E-state index in [0.29, 0.717) is 17.4 Å². The van der Waals surface area contributed by atoms with Crippen LogP contribution in [0.5, 0.6) is 5.75 Å². The molecule has 1 atom stereocenters. The van der Waals surface area contributed by atoms with Crippen LogP contribution in [0.4, 0.5) is 5.69 Å². The molecule has 4 rings (SSSR count). The van der Waals surface area contributed by atoms with Gasteiger partial charge in [-0.05, 0) is 49.6 Å². The van der Waals surface area contributed by atoms with Gasteiger partial charge in [-0.15, -0.1) is 0 Å². The van der Waals surface area contributed by atoms with E-state index in [-0.39, 0.29) is 17.7 Å². The lowest BCUT2D eigenvalue weighted by molar-refractivity contribution is -0.133. The molecule has 1 aliphatic heterocycles. The van der Waals surface area contributed by atoms with Crippen molar-refractivity contribution in [2.24, 2.45) is 10.9 Å². The van der Waals surface area contributed by atoms with Crippen molar-refractivity contribution in [3.8, 4) is 5.75 Å². The number of anilines is 1. The van der Waals surface area contributed by atoms with Crippen LogP contribution in [0.2, 0.25) is 0 Å². The molecule has 1 aliphatic rings. The Balaban J connectivity index is 1.46. The zero-order valence-electron chi connectivity index (χ0n) is 21.3. The molecule has 0 aliphatic carbocycles. The second-order valence-electron chi connectivity index (χ2n) is 8.82. The maximum absolute atomic E-state index is 13.2. The average molecular weight is 516 g/mol. The van der Waals surface area contributed by atoms with Crippen LogP contribution in [0.15, 0.2) is 95.6 Å². The molecule has 3 aromatic carbocycles. The third-order valence-corrected chi connectivity index (χ3v) is 7.16. The number of ether oxygens (including phenoxy) is 1. The van der Waals surface area contributed by atoms with Crippen LogP contribution < -0.4 is 20.9 Å². The largest absolute Gasteiger partial charge is 0.497 e. The number of hydrogen-bond donors (Lipinski definition) is 2. The number of nitrogens with one attached hydrogen (secondary N) is 1. The minimum absolute atomic E-state index is 0.00618. The number of amides is 1. The van der Waals surface area contributed by atoms with Gasteiger partial charge in [0.05, 0.1) is 23.9 Å². The molecule has 0 aromatic heterocycles. The second-order valence-corrected chi connectivity index (χ2v) is 9.87. The van der Waals surface area contributed by atoms with E-state index in [1.54, 1.807) is 12.1 Å². The number of hydrogen-bond acceptors (Lipinski definition) is 6. The molecule has 8 heteroatoms. The summed E-state index contributed by atoms with van der Waals surface area (Å²) in [6, 6.07) is 25.8. The summed E-state index contributed by atoms with van der Waals surface area (Å²) in [4.78, 5) is 15.1. The lowest BCUT2D eigenvalue weighted by atomic mass is 10.0. The monoisotopic (exact) mass is 515 g/mol. The highest BCUT2D eigenvalue weighted by Gasteiger charge is 2.26. The molecule has 3 N–H and O–H groups in total. The average Bonchev–Trinajstić information content (AvgIpc) is 2.95. The van der Waals surface area contributed by atoms with Gasteiger partial charge in [0.1, 0.15) is 5.75 Å². The fourth-order valence-electron chi connectivity index (χ4n) is 4.28. The fourth-order valence-corrected chi connectivity index (χ4v) is 5.05. The Hall–Kier alpha value is -3.75. The first-order valence-electron chi connectivity index (χ1n) is 12.2. The van der Waals surface area contributed by atoms with E-state index in [2.05, 4.69) is 23.2 Å². The SMILES string of the molecule is C=C(SCC(=O)N1CCC[C@H](c2cccc(OC)c2)N1)N(/C(=N\N)c1ccc(C)cc1)c1ccccc1. The number of amidine groups is 1. The standard InChI is InChI=1S/C29H33N5O2S/c1-21-14-16-23(17-15-21)29(31-30)34(25-10-5-4-6-11-25)22(2)37-20-28(35)33-18-8-13-27(32-33)24-9-7-12-26(19-24)36-3/h4-7,9-12,14-17,19,27,32H,2,8,13,18,20,30H2,1,3H3/b31-29-/t27-/m1/s1. The van der Waals surface area contributed by atoms with Gasteiger partial charge in [-0.2, -0.15) is 5.10 Å². The first-order valence-corrected chi connectivity index (χ1v) is 13.2. The third kappa shape index (κ3) is 6.53. The molecular weight excluding hydrogens is 482 g/mol. The molecule has 0 radical (unpaired) electrons. The van der Waals surface area contributed by atoms with Gasteiger partial charge in [-0.3, -0.25) is 14.7 Å². The molecular formula is C29H33N5O2S. The Morgan fingerprint density at radius 1 is 1.16 bits per heavy atom. The molecule has 1 fully saturated rings. The lowest BCUT2D eigenvalue weighted by Crippen LogP contribution is -2.49. The number of carbonyl (C=O) groups excluding carboxylic acids is 1. The summed E-state index contributed by atoms with van der Waals surface area (Å²) in [6.45, 7) is 6.98. The maximum Gasteiger partial charge on any atom is 0.247 e. The van der Waals surface area contributed by atoms with Crippen molar-refractivity contribution in [1.82, 2.24) is 10.4 Å². The zero-order chi connectivity index (χ0) is 26.2. The van der Waals surface area contributed by atoms with E-state index in [9.17, 15) is 4.79 Å². The number of methoxy groups -OCH3 is 1. The molecule has 0 saturated carbocycles. The topological polar surface area (TPSA) is 83.2 Å². The van der Waals surface area contributed by atoms with Crippen molar-refractivity contribution in [3.05, 3.63) is 107 Å². The smallest absolute Gasteiger partial charge is 0.247 e. The fraction of sp³-hybridized carbons (Fsp3) is 0.241. The van der Waals surface area contributed by atoms with Crippen LogP contribution in [0.1, 0.15) is 35.6 Å². The third-order valence-electron chi connectivity index (χ3n) is 6.25. The van der Waals surface area contributed by atoms with Crippen LogP contribution >= 0.6 is 11.8 Å². The van der Waals surface area contributed by atoms with E-state index in [1.165, 1.54) is 11.8 Å². The predicted octanol–water partition coefficient (Wildman–Crippen LogP) is 5.20. The van der Waals surface area contributed by atoms with Crippen LogP contribution in [-0.4, -0.2) is 36.2 Å². The van der Waals surface area contributed by atoms with E-state index >= 15 is 0 Å². The Bertz CT molecular complexity index is 1250. The van der Waals surface area contributed by atoms with Gasteiger partial charge < -0.3 is 10.6 Å². The summed E-state index contributed by atoms with van der Waals surface area (Å²) >= 11 is 1.37. The van der Waals surface area contributed by atoms with Crippen LogP contribution in [0.25, 0.3) is 0 Å². The van der Waals surface area contributed by atoms with E-state index in [4.69, 9.17) is 10.6 Å². The van der Waals surface area contributed by atoms with Crippen molar-refractivity contribution in [2.75, 3.05) is 24.3 Å². The normalized spacial score (nSPS) is 15.8. The number of rotatable bonds is 8. The molecule has 1 heterocycles. The summed E-state index contributed by atoms with van der Waals surface area (Å²) in [6.07, 6.45) is 1.87. The van der Waals surface area contributed by atoms with Gasteiger partial charge in [0.15, 0.2) is 5.84 Å². The van der Waals surface area contributed by atoms with Crippen LogP contribution in [0, 0.1) is 6.92 Å². The number of hydrazine groups is 1. The molecule has 7 nitrogen and oxygen atoms in total. The summed E-state index contributed by atoms with van der Waals surface area (Å²) < 4.78 is 5.37. The van der Waals surface area contributed by atoms with Crippen molar-refractivity contribution in [2.45, 2.75) is 25.8 Å². The van der Waals surface area contributed by atoms with Crippen molar-refractivity contribution < 1.29 is 9.53 Å². The number of benzene rings is 3. The van der Waals surface area contributed by atoms with Gasteiger partial charge >= 0.3 is 0 Å². The molecule has 192 valence electrons. The predicted molar refractivity (Wildman–Crippen MR) is 152 cm³/mol. The number of nitrogens with two attached hydrogens (primary N) is 1. The van der Waals surface area contributed by atoms with Gasteiger partial charge in [-0.1, -0.05) is 78.5 Å². The van der Waals surface area contributed by atoms with Gasteiger partial charge in [-0.25, -0.2) is 5.43 Å². The van der Waals surface area contributed by atoms with Crippen LogP contribution in [-0.2, 0) is 4.79 Å². The van der Waals surface area contributed by atoms with Crippen LogP contribution in [0.3, 0.4) is 0 Å². The maximum atomic E-state index is 13.2. The molecule has 0 bridgehead atoms. The van der Waals surface area contributed by atoms with E-state index < -0.39 is 0 Å². The van der Waals surface area contributed by atoms with Gasteiger partial charge in [0.25, 0.3) is 0 Å². The zero-order valence-corrected chi connectivity index (χ0v) is 22.1. The summed E-state index contributed by atoms with van der Waals surface area (Å²) in [5.74, 6) is 7.47. The molecule has 1 amide bonds. The first kappa shape index (κ1) is 26.3. The highest BCUT2D eigenvalue weighted by Crippen LogP contribution is 2.30. The Kier molecular flexibility index (Phi) is 8.87. The summed E-state index contributed by atoms with van der Waals surface area (Å²) in [5.41, 5.74) is 7.38. The minimum atomic E-state index is -0.00618. The number of aryl methyl sites for hydroxylation is 1. The summed E-state index contributed by atoms with van der Waals surface area (Å²) in [7, 11) is 1.66. The molecule has 3 aromatic rings. The second kappa shape index (κ2) is 12.5. The molecule has 37 heavy (non-hydrogen) atoms. The van der Waals surface area contributed by atoms with E-state index in [0.717, 1.165) is 41.0 Å². The Morgan fingerprint density at radius 3 is 2.62 bits per heavy atom. The Labute approximate surface area is 223 Å². The number of thioether (sulfide) groups is 1. The van der Waals surface area contributed by atoms with Gasteiger partial charge in [0.2, 0.25) is 5.91 Å². The van der Waals surface area contributed by atoms with Crippen molar-refractivity contribution in [1.29, 1.82) is 0 Å². The van der Waals surface area contributed by atoms with E-state index in [1.807, 2.05) is 84.6 Å². The first-order chi connectivity index (χ1) is 18.0. The lowest BCUT2D eigenvalue weighted by Gasteiger charge is -2.34. The number of nitrogens with zero attached hydrogens (tertiary/aromatic N) is 3. The number of hydrazone groups is 1. The molecule has 1 saturated heterocycles.